The van der Waals surface area contributed by atoms with Crippen LogP contribution in [0.2, 0.25) is 0 Å². The van der Waals surface area contributed by atoms with Crippen molar-refractivity contribution in [1.29, 1.82) is 0 Å². The fraction of sp³-hybridized carbons (Fsp3) is 0.571. The Kier molecular flexibility index (Phi) is 4.80. The van der Waals surface area contributed by atoms with Crippen molar-refractivity contribution in [1.82, 2.24) is 5.32 Å². The largest absolute Gasteiger partial charge is 0.466 e. The summed E-state index contributed by atoms with van der Waals surface area (Å²) in [5.74, 6) is 2.42. The van der Waals surface area contributed by atoms with Gasteiger partial charge in [0.2, 0.25) is 0 Å². The van der Waals surface area contributed by atoms with Gasteiger partial charge in [-0.1, -0.05) is 12.1 Å². The molecule has 1 aromatic heterocycles. The summed E-state index contributed by atoms with van der Waals surface area (Å²) in [4.78, 5) is 12.0. The second-order valence-electron chi connectivity index (χ2n) is 7.42. The van der Waals surface area contributed by atoms with Crippen LogP contribution in [0.25, 0.3) is 11.0 Å². The Morgan fingerprint density at radius 3 is 2.76 bits per heavy atom. The number of carbonyl (C=O) groups excluding carboxylic acids is 1. The molecule has 2 fully saturated rings. The SMILES string of the molecule is CCOC(=O)CC(c1ccc2cc(C3CCNCC3)oc2c1)C1CC1. The van der Waals surface area contributed by atoms with Gasteiger partial charge in [0, 0.05) is 11.3 Å². The third-order valence-corrected chi connectivity index (χ3v) is 5.62. The van der Waals surface area contributed by atoms with Crippen molar-refractivity contribution in [3.63, 3.8) is 0 Å². The Hall–Kier alpha value is -1.81. The molecule has 25 heavy (non-hydrogen) atoms. The number of piperidine rings is 1. The second-order valence-corrected chi connectivity index (χ2v) is 7.42. The highest BCUT2D eigenvalue weighted by Gasteiger charge is 2.34. The summed E-state index contributed by atoms with van der Waals surface area (Å²) in [5, 5.41) is 4.57. The number of furan rings is 1. The van der Waals surface area contributed by atoms with Gasteiger partial charge < -0.3 is 14.5 Å². The van der Waals surface area contributed by atoms with E-state index in [1.807, 2.05) is 6.92 Å². The molecule has 0 bridgehead atoms. The Balaban J connectivity index is 1.57. The van der Waals surface area contributed by atoms with Gasteiger partial charge in [-0.25, -0.2) is 0 Å². The lowest BCUT2D eigenvalue weighted by molar-refractivity contribution is -0.143. The van der Waals surface area contributed by atoms with Crippen LogP contribution in [-0.4, -0.2) is 25.7 Å². The molecular weight excluding hydrogens is 314 g/mol. The van der Waals surface area contributed by atoms with Crippen LogP contribution in [0.4, 0.5) is 0 Å². The van der Waals surface area contributed by atoms with Crippen LogP contribution >= 0.6 is 0 Å². The van der Waals surface area contributed by atoms with E-state index in [4.69, 9.17) is 9.15 Å². The van der Waals surface area contributed by atoms with Crippen molar-refractivity contribution in [2.45, 2.75) is 50.9 Å². The lowest BCUT2D eigenvalue weighted by Gasteiger charge is -2.20. The number of hydrogen-bond donors (Lipinski definition) is 1. The zero-order valence-corrected chi connectivity index (χ0v) is 14.9. The number of nitrogens with one attached hydrogen (secondary N) is 1. The number of esters is 1. The number of ether oxygens (including phenoxy) is 1. The van der Waals surface area contributed by atoms with E-state index < -0.39 is 0 Å². The van der Waals surface area contributed by atoms with E-state index >= 15 is 0 Å². The van der Waals surface area contributed by atoms with Gasteiger partial charge in [-0.3, -0.25) is 4.79 Å². The topological polar surface area (TPSA) is 51.5 Å². The quantitative estimate of drug-likeness (QED) is 0.794. The van der Waals surface area contributed by atoms with Crippen LogP contribution in [0.5, 0.6) is 0 Å². The summed E-state index contributed by atoms with van der Waals surface area (Å²) in [6.07, 6.45) is 5.17. The molecule has 1 aliphatic carbocycles. The predicted molar refractivity (Wildman–Crippen MR) is 97.8 cm³/mol. The van der Waals surface area contributed by atoms with Crippen LogP contribution in [0.1, 0.15) is 62.2 Å². The lowest BCUT2D eigenvalue weighted by atomic mass is 9.90. The molecule has 1 atom stereocenters. The molecular formula is C21H27NO3. The highest BCUT2D eigenvalue weighted by Crippen LogP contribution is 2.45. The van der Waals surface area contributed by atoms with Crippen molar-refractivity contribution in [3.05, 3.63) is 35.6 Å². The van der Waals surface area contributed by atoms with Crippen molar-refractivity contribution < 1.29 is 13.9 Å². The number of fused-ring (bicyclic) bond motifs is 1. The van der Waals surface area contributed by atoms with Gasteiger partial charge in [0.15, 0.2) is 0 Å². The van der Waals surface area contributed by atoms with Gasteiger partial charge in [0.05, 0.1) is 13.0 Å². The summed E-state index contributed by atoms with van der Waals surface area (Å²) >= 11 is 0. The molecule has 1 aromatic carbocycles. The van der Waals surface area contributed by atoms with Gasteiger partial charge in [0.25, 0.3) is 0 Å². The fourth-order valence-corrected chi connectivity index (χ4v) is 4.06. The summed E-state index contributed by atoms with van der Waals surface area (Å²) in [7, 11) is 0. The predicted octanol–water partition coefficient (Wildman–Crippen LogP) is 4.35. The molecule has 0 amide bonds. The maximum absolute atomic E-state index is 12.0. The van der Waals surface area contributed by atoms with Crippen LogP contribution in [0, 0.1) is 5.92 Å². The first-order valence-electron chi connectivity index (χ1n) is 9.64. The van der Waals surface area contributed by atoms with Gasteiger partial charge in [-0.15, -0.1) is 0 Å². The molecule has 0 radical (unpaired) electrons. The minimum atomic E-state index is -0.0886. The molecule has 4 rings (SSSR count). The second kappa shape index (κ2) is 7.20. The van der Waals surface area contributed by atoms with Gasteiger partial charge in [0.1, 0.15) is 11.3 Å². The number of rotatable bonds is 6. The maximum Gasteiger partial charge on any atom is 0.306 e. The fourth-order valence-electron chi connectivity index (χ4n) is 4.06. The van der Waals surface area contributed by atoms with E-state index in [-0.39, 0.29) is 11.9 Å². The van der Waals surface area contributed by atoms with Crippen LogP contribution in [0.15, 0.2) is 28.7 Å². The van der Waals surface area contributed by atoms with E-state index in [0.717, 1.165) is 37.3 Å². The average molecular weight is 341 g/mol. The molecule has 1 saturated carbocycles. The average Bonchev–Trinajstić information content (AvgIpc) is 3.38. The van der Waals surface area contributed by atoms with Crippen LogP contribution < -0.4 is 5.32 Å². The minimum absolute atomic E-state index is 0.0886. The Morgan fingerprint density at radius 2 is 2.04 bits per heavy atom. The zero-order valence-electron chi connectivity index (χ0n) is 14.9. The number of benzene rings is 1. The first kappa shape index (κ1) is 16.6. The van der Waals surface area contributed by atoms with E-state index in [2.05, 4.69) is 29.6 Å². The first-order valence-corrected chi connectivity index (χ1v) is 9.64. The summed E-state index contributed by atoms with van der Waals surface area (Å²) in [6, 6.07) is 8.68. The number of carbonyl (C=O) groups is 1. The number of hydrogen-bond acceptors (Lipinski definition) is 4. The maximum atomic E-state index is 12.0. The summed E-state index contributed by atoms with van der Waals surface area (Å²) in [5.41, 5.74) is 2.18. The van der Waals surface area contributed by atoms with Gasteiger partial charge in [-0.05, 0) is 75.2 Å². The van der Waals surface area contributed by atoms with Crippen molar-refractivity contribution >= 4 is 16.9 Å². The van der Waals surface area contributed by atoms with Crippen LogP contribution in [-0.2, 0) is 9.53 Å². The molecule has 1 N–H and O–H groups in total. The molecule has 134 valence electrons. The molecule has 1 saturated heterocycles. The highest BCUT2D eigenvalue weighted by molar-refractivity contribution is 5.79. The normalized spacial score (nSPS) is 19.9. The Morgan fingerprint density at radius 1 is 1.24 bits per heavy atom. The van der Waals surface area contributed by atoms with E-state index in [9.17, 15) is 4.79 Å². The van der Waals surface area contributed by atoms with E-state index in [1.165, 1.54) is 23.8 Å². The third kappa shape index (κ3) is 3.74. The molecule has 2 heterocycles. The summed E-state index contributed by atoms with van der Waals surface area (Å²) < 4.78 is 11.4. The van der Waals surface area contributed by atoms with Crippen molar-refractivity contribution in [2.75, 3.05) is 19.7 Å². The molecule has 1 unspecified atom stereocenters. The van der Waals surface area contributed by atoms with E-state index in [0.29, 0.717) is 24.9 Å². The standard InChI is InChI=1S/C21H27NO3/c1-2-24-21(23)13-18(14-3-4-14)16-5-6-17-12-19(25-20(17)11-16)15-7-9-22-10-8-15/h5-6,11-12,14-15,18,22H,2-4,7-10,13H2,1H3. The Bertz CT molecular complexity index is 741. The summed E-state index contributed by atoms with van der Waals surface area (Å²) in [6.45, 7) is 4.45. The molecule has 2 aliphatic rings. The monoisotopic (exact) mass is 341 g/mol. The highest BCUT2D eigenvalue weighted by atomic mass is 16.5. The van der Waals surface area contributed by atoms with Gasteiger partial charge >= 0.3 is 5.97 Å². The third-order valence-electron chi connectivity index (χ3n) is 5.62. The zero-order chi connectivity index (χ0) is 17.2. The van der Waals surface area contributed by atoms with Gasteiger partial charge in [-0.2, -0.15) is 0 Å². The molecule has 4 nitrogen and oxygen atoms in total. The van der Waals surface area contributed by atoms with Crippen LogP contribution in [0.3, 0.4) is 0 Å². The van der Waals surface area contributed by atoms with E-state index in [1.54, 1.807) is 0 Å². The smallest absolute Gasteiger partial charge is 0.306 e. The molecule has 4 heteroatoms. The van der Waals surface area contributed by atoms with Crippen molar-refractivity contribution in [2.24, 2.45) is 5.92 Å². The molecule has 1 aliphatic heterocycles. The lowest BCUT2D eigenvalue weighted by Crippen LogP contribution is -2.26. The first-order chi connectivity index (χ1) is 12.2. The molecule has 0 spiro atoms. The van der Waals surface area contributed by atoms with Crippen molar-refractivity contribution in [3.8, 4) is 0 Å². The molecule has 2 aromatic rings. The minimum Gasteiger partial charge on any atom is -0.466 e. The Labute approximate surface area is 148 Å².